The zero-order valence-corrected chi connectivity index (χ0v) is 19.6. The summed E-state index contributed by atoms with van der Waals surface area (Å²) in [5.74, 6) is 6.72. The van der Waals surface area contributed by atoms with E-state index in [1.807, 2.05) is 6.07 Å². The molecular weight excluding hydrogens is 422 g/mol. The fraction of sp³-hybridized carbons (Fsp3) is 0.591. The third kappa shape index (κ3) is 4.71. The molecule has 0 spiro atoms. The lowest BCUT2D eigenvalue weighted by atomic mass is 9.98. The van der Waals surface area contributed by atoms with Crippen molar-refractivity contribution in [3.05, 3.63) is 33.6 Å². The molecule has 0 bridgehead atoms. The van der Waals surface area contributed by atoms with E-state index in [0.717, 1.165) is 50.9 Å². The first-order valence-electron chi connectivity index (χ1n) is 11.7. The summed E-state index contributed by atoms with van der Waals surface area (Å²) in [6.45, 7) is 7.84. The third-order valence-corrected chi connectivity index (χ3v) is 6.78. The number of aromatic nitrogens is 3. The van der Waals surface area contributed by atoms with Gasteiger partial charge in [0, 0.05) is 42.5 Å². The molecule has 3 N–H and O–H groups in total. The maximum Gasteiger partial charge on any atom is 0.293 e. The lowest BCUT2D eigenvalue weighted by Gasteiger charge is -2.39. The molecule has 0 saturated carbocycles. The lowest BCUT2D eigenvalue weighted by molar-refractivity contribution is -0.384. The summed E-state index contributed by atoms with van der Waals surface area (Å²) in [4.78, 5) is 16.3. The fourth-order valence-corrected chi connectivity index (χ4v) is 4.83. The topological polar surface area (TPSA) is 131 Å². The smallest absolute Gasteiger partial charge is 0.293 e. The molecule has 2 fully saturated rings. The summed E-state index contributed by atoms with van der Waals surface area (Å²) in [5.41, 5.74) is 5.26. The van der Waals surface area contributed by atoms with Crippen LogP contribution < -0.4 is 21.1 Å². The van der Waals surface area contributed by atoms with Crippen molar-refractivity contribution in [2.45, 2.75) is 71.4 Å². The standard InChI is InChI=1S/C22H33N9O2/c1-15-8-4-6-10-28(15)19-13-20(29-11-7-5-9-16(29)2)21(31(32)33)12-18(19)14-24-26-22-27-25-17(3)30(22)23/h12-16H,4-11,23H2,1-3H3,(H,26,27)/b24-14+/t15-,16+/m1/s1. The van der Waals surface area contributed by atoms with Crippen LogP contribution in [0.2, 0.25) is 0 Å². The maximum atomic E-state index is 12.1. The number of piperidine rings is 2. The number of nitro benzene ring substituents is 1. The Morgan fingerprint density at radius 1 is 1.09 bits per heavy atom. The van der Waals surface area contributed by atoms with E-state index < -0.39 is 0 Å². The van der Waals surface area contributed by atoms with Gasteiger partial charge >= 0.3 is 0 Å². The molecule has 1 aromatic heterocycles. The van der Waals surface area contributed by atoms with Gasteiger partial charge in [-0.2, -0.15) is 5.10 Å². The molecule has 0 aliphatic carbocycles. The number of nitrogens with one attached hydrogen (secondary N) is 1. The molecule has 2 aromatic rings. The van der Waals surface area contributed by atoms with E-state index in [4.69, 9.17) is 5.84 Å². The Labute approximate surface area is 193 Å². The van der Waals surface area contributed by atoms with Crippen LogP contribution in [0.15, 0.2) is 17.2 Å². The van der Waals surface area contributed by atoms with Crippen molar-refractivity contribution in [2.24, 2.45) is 5.10 Å². The van der Waals surface area contributed by atoms with Crippen molar-refractivity contribution in [2.75, 3.05) is 34.2 Å². The van der Waals surface area contributed by atoms with Gasteiger partial charge in [-0.25, -0.2) is 10.1 Å². The molecule has 0 amide bonds. The number of hydrazone groups is 1. The first kappa shape index (κ1) is 22.8. The van der Waals surface area contributed by atoms with E-state index in [2.05, 4.69) is 44.4 Å². The van der Waals surface area contributed by atoms with Gasteiger partial charge < -0.3 is 15.6 Å². The van der Waals surface area contributed by atoms with Crippen LogP contribution in [0.5, 0.6) is 0 Å². The second-order valence-electron chi connectivity index (χ2n) is 9.04. The lowest BCUT2D eigenvalue weighted by Crippen LogP contribution is -2.40. The van der Waals surface area contributed by atoms with Crippen LogP contribution in [0.3, 0.4) is 0 Å². The van der Waals surface area contributed by atoms with Crippen molar-refractivity contribution < 1.29 is 4.92 Å². The minimum atomic E-state index is -0.287. The van der Waals surface area contributed by atoms with E-state index in [9.17, 15) is 10.1 Å². The van der Waals surface area contributed by atoms with Gasteiger partial charge in [0.15, 0.2) is 5.82 Å². The van der Waals surface area contributed by atoms with Gasteiger partial charge in [-0.15, -0.1) is 10.2 Å². The van der Waals surface area contributed by atoms with Gasteiger partial charge in [-0.3, -0.25) is 10.1 Å². The molecule has 0 unspecified atom stereocenters. The highest BCUT2D eigenvalue weighted by Crippen LogP contribution is 2.39. The Balaban J connectivity index is 1.76. The van der Waals surface area contributed by atoms with Crippen molar-refractivity contribution in [3.63, 3.8) is 0 Å². The molecule has 4 rings (SSSR count). The maximum absolute atomic E-state index is 12.1. The zero-order chi connectivity index (χ0) is 23.5. The van der Waals surface area contributed by atoms with Crippen molar-refractivity contribution in [3.8, 4) is 0 Å². The Bertz CT molecular complexity index is 1040. The average Bonchev–Trinajstić information content (AvgIpc) is 3.12. The number of benzene rings is 1. The molecule has 2 aliphatic rings. The van der Waals surface area contributed by atoms with Crippen molar-refractivity contribution >= 4 is 29.2 Å². The number of hydrogen-bond acceptors (Lipinski definition) is 9. The Hall–Kier alpha value is -3.37. The summed E-state index contributed by atoms with van der Waals surface area (Å²) in [6.07, 6.45) is 8.23. The highest BCUT2D eigenvalue weighted by molar-refractivity contribution is 5.92. The van der Waals surface area contributed by atoms with Gasteiger partial charge in [-0.05, 0) is 65.4 Å². The molecule has 11 nitrogen and oxygen atoms in total. The van der Waals surface area contributed by atoms with Gasteiger partial charge in [0.05, 0.1) is 11.1 Å². The molecule has 0 radical (unpaired) electrons. The molecule has 2 saturated heterocycles. The van der Waals surface area contributed by atoms with Crippen LogP contribution in [-0.2, 0) is 0 Å². The molecule has 178 valence electrons. The van der Waals surface area contributed by atoms with Crippen molar-refractivity contribution in [1.29, 1.82) is 0 Å². The van der Waals surface area contributed by atoms with Gasteiger partial charge in [0.25, 0.3) is 11.6 Å². The molecule has 2 aliphatic heterocycles. The summed E-state index contributed by atoms with van der Waals surface area (Å²) in [6, 6.07) is 4.27. The SMILES string of the molecule is Cc1nnc(N/N=C/c2cc([N+](=O)[O-])c(N3CCCC[C@@H]3C)cc2N2CCCC[C@H]2C)n1N. The first-order chi connectivity index (χ1) is 15.9. The normalized spacial score (nSPS) is 21.5. The Morgan fingerprint density at radius 2 is 1.73 bits per heavy atom. The first-order valence-corrected chi connectivity index (χ1v) is 11.7. The van der Waals surface area contributed by atoms with Gasteiger partial charge in [-0.1, -0.05) is 0 Å². The molecule has 33 heavy (non-hydrogen) atoms. The summed E-state index contributed by atoms with van der Waals surface area (Å²) < 4.78 is 1.30. The van der Waals surface area contributed by atoms with E-state index in [0.29, 0.717) is 29.1 Å². The predicted molar refractivity (Wildman–Crippen MR) is 131 cm³/mol. The Morgan fingerprint density at radius 3 is 2.27 bits per heavy atom. The molecule has 11 heteroatoms. The number of rotatable bonds is 6. The van der Waals surface area contributed by atoms with Crippen LogP contribution in [0.4, 0.5) is 23.0 Å². The van der Waals surface area contributed by atoms with E-state index >= 15 is 0 Å². The number of anilines is 3. The van der Waals surface area contributed by atoms with E-state index in [1.165, 1.54) is 11.1 Å². The monoisotopic (exact) mass is 455 g/mol. The second-order valence-corrected chi connectivity index (χ2v) is 9.04. The van der Waals surface area contributed by atoms with Crippen LogP contribution in [0.1, 0.15) is 63.8 Å². The Kier molecular flexibility index (Phi) is 6.66. The summed E-state index contributed by atoms with van der Waals surface area (Å²) in [5, 5.41) is 24.2. The number of nitro groups is 1. The van der Waals surface area contributed by atoms with Crippen molar-refractivity contribution in [1.82, 2.24) is 14.9 Å². The minimum absolute atomic E-state index is 0.108. The largest absolute Gasteiger partial charge is 0.368 e. The minimum Gasteiger partial charge on any atom is -0.368 e. The van der Waals surface area contributed by atoms with E-state index in [-0.39, 0.29) is 16.7 Å². The fourth-order valence-electron chi connectivity index (χ4n) is 4.83. The number of nitrogens with zero attached hydrogens (tertiary/aromatic N) is 7. The van der Waals surface area contributed by atoms with Crippen LogP contribution >= 0.6 is 0 Å². The molecule has 1 aromatic carbocycles. The molecule has 2 atom stereocenters. The number of aryl methyl sites for hydroxylation is 1. The van der Waals surface area contributed by atoms with Crippen LogP contribution in [0, 0.1) is 17.0 Å². The highest BCUT2D eigenvalue weighted by atomic mass is 16.6. The zero-order valence-electron chi connectivity index (χ0n) is 19.6. The van der Waals surface area contributed by atoms with Gasteiger partial charge in [0.2, 0.25) is 0 Å². The van der Waals surface area contributed by atoms with E-state index in [1.54, 1.807) is 19.2 Å². The highest BCUT2D eigenvalue weighted by Gasteiger charge is 2.30. The van der Waals surface area contributed by atoms with Crippen LogP contribution in [-0.4, -0.2) is 51.2 Å². The third-order valence-electron chi connectivity index (χ3n) is 6.78. The van der Waals surface area contributed by atoms with Gasteiger partial charge in [0.1, 0.15) is 5.69 Å². The number of nitrogens with two attached hydrogens (primary N) is 1. The van der Waals surface area contributed by atoms with Crippen LogP contribution in [0.25, 0.3) is 0 Å². The number of hydrogen-bond donors (Lipinski definition) is 2. The average molecular weight is 456 g/mol. The summed E-state index contributed by atoms with van der Waals surface area (Å²) >= 11 is 0. The number of nitrogen functional groups attached to an aromatic ring is 1. The second kappa shape index (κ2) is 9.63. The summed E-state index contributed by atoms with van der Waals surface area (Å²) in [7, 11) is 0. The predicted octanol–water partition coefficient (Wildman–Crippen LogP) is 3.41. The quantitative estimate of drug-likeness (QED) is 0.293. The molecular formula is C22H33N9O2. The molecule has 3 heterocycles.